The molecule has 0 amide bonds. The molecule has 0 N–H and O–H groups in total. The summed E-state index contributed by atoms with van der Waals surface area (Å²) in [5.74, 6) is 0.923. The van der Waals surface area contributed by atoms with Gasteiger partial charge >= 0.3 is 0 Å². The second-order valence-electron chi connectivity index (χ2n) is 2.37. The van der Waals surface area contributed by atoms with Gasteiger partial charge in [0, 0.05) is 0 Å². The van der Waals surface area contributed by atoms with E-state index < -0.39 is 0 Å². The van der Waals surface area contributed by atoms with E-state index in [0.29, 0.717) is 0 Å². The lowest BCUT2D eigenvalue weighted by atomic mass is 10.2. The molecule has 0 aliphatic carbocycles. The predicted molar refractivity (Wildman–Crippen MR) is 48.5 cm³/mol. The van der Waals surface area contributed by atoms with Crippen LogP contribution in [0.4, 0.5) is 4.39 Å². The Kier molecular flexibility index (Phi) is 3.43. The van der Waals surface area contributed by atoms with Crippen LogP contribution in [-0.2, 0) is 6.42 Å². The van der Waals surface area contributed by atoms with E-state index in [1.807, 2.05) is 6.07 Å². The number of aryl methyl sites for hydroxylation is 1. The van der Waals surface area contributed by atoms with Crippen molar-refractivity contribution >= 4 is 11.8 Å². The molecule has 0 aliphatic heterocycles. The quantitative estimate of drug-likeness (QED) is 0.672. The van der Waals surface area contributed by atoms with E-state index in [-0.39, 0.29) is 5.82 Å². The first-order valence-corrected chi connectivity index (χ1v) is 4.95. The molecule has 0 nitrogen and oxygen atoms in total. The number of halogens is 1. The molecule has 0 saturated heterocycles. The summed E-state index contributed by atoms with van der Waals surface area (Å²) in [6.07, 6.45) is 3.01. The monoisotopic (exact) mass is 170 g/mol. The first-order chi connectivity index (χ1) is 5.33. The van der Waals surface area contributed by atoms with Crippen LogP contribution in [0.1, 0.15) is 5.56 Å². The maximum Gasteiger partial charge on any atom is 0.123 e. The maximum atomic E-state index is 12.6. The van der Waals surface area contributed by atoms with Crippen LogP contribution in [0.15, 0.2) is 24.3 Å². The van der Waals surface area contributed by atoms with Crippen molar-refractivity contribution in [3.05, 3.63) is 35.6 Å². The van der Waals surface area contributed by atoms with Crippen LogP contribution < -0.4 is 0 Å². The highest BCUT2D eigenvalue weighted by Crippen LogP contribution is 2.06. The fraction of sp³-hybridized carbons (Fsp3) is 0.333. The van der Waals surface area contributed by atoms with Gasteiger partial charge in [-0.2, -0.15) is 11.8 Å². The number of thioether (sulfide) groups is 1. The van der Waals surface area contributed by atoms with E-state index in [4.69, 9.17) is 0 Å². The lowest BCUT2D eigenvalue weighted by Crippen LogP contribution is -1.87. The van der Waals surface area contributed by atoms with Gasteiger partial charge < -0.3 is 0 Å². The molecular formula is C9H11FS. The van der Waals surface area contributed by atoms with E-state index in [1.54, 1.807) is 23.9 Å². The van der Waals surface area contributed by atoms with Gasteiger partial charge in [-0.25, -0.2) is 4.39 Å². The average Bonchev–Trinajstić information content (AvgIpc) is 2.01. The van der Waals surface area contributed by atoms with Crippen molar-refractivity contribution in [3.8, 4) is 0 Å². The molecule has 0 aromatic heterocycles. The first kappa shape index (κ1) is 8.60. The third-order valence-electron chi connectivity index (χ3n) is 1.48. The molecule has 0 saturated carbocycles. The van der Waals surface area contributed by atoms with Crippen LogP contribution in [0.3, 0.4) is 0 Å². The van der Waals surface area contributed by atoms with Gasteiger partial charge in [-0.15, -0.1) is 0 Å². The Hall–Kier alpha value is -0.500. The van der Waals surface area contributed by atoms with E-state index in [1.165, 1.54) is 6.07 Å². The SMILES string of the molecule is CSCCc1cccc(F)c1. The summed E-state index contributed by atoms with van der Waals surface area (Å²) >= 11 is 1.78. The van der Waals surface area contributed by atoms with Crippen LogP contribution in [0.5, 0.6) is 0 Å². The second-order valence-corrected chi connectivity index (χ2v) is 3.36. The normalized spacial score (nSPS) is 10.0. The van der Waals surface area contributed by atoms with Crippen LogP contribution in [0.25, 0.3) is 0 Å². The minimum Gasteiger partial charge on any atom is -0.207 e. The van der Waals surface area contributed by atoms with E-state index >= 15 is 0 Å². The minimum absolute atomic E-state index is 0.136. The molecule has 1 aromatic carbocycles. The summed E-state index contributed by atoms with van der Waals surface area (Å²) in [4.78, 5) is 0. The van der Waals surface area contributed by atoms with Crippen molar-refractivity contribution in [2.75, 3.05) is 12.0 Å². The van der Waals surface area contributed by atoms with Gasteiger partial charge in [-0.05, 0) is 36.1 Å². The van der Waals surface area contributed by atoms with Gasteiger partial charge in [-0.1, -0.05) is 12.1 Å². The van der Waals surface area contributed by atoms with Crippen molar-refractivity contribution in [3.63, 3.8) is 0 Å². The third kappa shape index (κ3) is 2.93. The van der Waals surface area contributed by atoms with Gasteiger partial charge in [0.1, 0.15) is 5.82 Å². The first-order valence-electron chi connectivity index (χ1n) is 3.56. The number of hydrogen-bond donors (Lipinski definition) is 0. The molecule has 0 aliphatic rings. The lowest BCUT2D eigenvalue weighted by molar-refractivity contribution is 0.626. The van der Waals surface area contributed by atoms with Crippen LogP contribution >= 0.6 is 11.8 Å². The molecule has 0 radical (unpaired) electrons. The van der Waals surface area contributed by atoms with Gasteiger partial charge in [0.05, 0.1) is 0 Å². The predicted octanol–water partition coefficient (Wildman–Crippen LogP) is 2.73. The van der Waals surface area contributed by atoms with Crippen molar-refractivity contribution < 1.29 is 4.39 Å². The van der Waals surface area contributed by atoms with Crippen LogP contribution in [-0.4, -0.2) is 12.0 Å². The molecule has 1 rings (SSSR count). The summed E-state index contributed by atoms with van der Waals surface area (Å²) in [5.41, 5.74) is 1.08. The molecule has 0 atom stereocenters. The Bertz CT molecular complexity index is 223. The zero-order chi connectivity index (χ0) is 8.10. The van der Waals surface area contributed by atoms with Crippen LogP contribution in [0.2, 0.25) is 0 Å². The molecule has 11 heavy (non-hydrogen) atoms. The molecular weight excluding hydrogens is 159 g/mol. The zero-order valence-electron chi connectivity index (χ0n) is 6.51. The highest BCUT2D eigenvalue weighted by molar-refractivity contribution is 7.98. The molecule has 0 spiro atoms. The molecule has 0 heterocycles. The molecule has 0 bridgehead atoms. The number of hydrogen-bond acceptors (Lipinski definition) is 1. The standard InChI is InChI=1S/C9H11FS/c1-11-6-5-8-3-2-4-9(10)7-8/h2-4,7H,5-6H2,1H3. The molecule has 0 fully saturated rings. The Morgan fingerprint density at radius 3 is 2.91 bits per heavy atom. The highest BCUT2D eigenvalue weighted by Gasteiger charge is 1.93. The Morgan fingerprint density at radius 2 is 2.27 bits per heavy atom. The average molecular weight is 170 g/mol. The number of rotatable bonds is 3. The zero-order valence-corrected chi connectivity index (χ0v) is 7.33. The molecule has 0 unspecified atom stereocenters. The van der Waals surface area contributed by atoms with E-state index in [9.17, 15) is 4.39 Å². The van der Waals surface area contributed by atoms with E-state index in [0.717, 1.165) is 17.7 Å². The molecule has 1 aromatic rings. The van der Waals surface area contributed by atoms with Crippen LogP contribution in [0, 0.1) is 5.82 Å². The Labute approximate surface area is 70.8 Å². The smallest absolute Gasteiger partial charge is 0.123 e. The Morgan fingerprint density at radius 1 is 1.45 bits per heavy atom. The summed E-state index contributed by atoms with van der Waals surface area (Å²) < 4.78 is 12.6. The minimum atomic E-state index is -0.136. The van der Waals surface area contributed by atoms with Gasteiger partial charge in [0.2, 0.25) is 0 Å². The van der Waals surface area contributed by atoms with Crippen molar-refractivity contribution in [1.82, 2.24) is 0 Å². The fourth-order valence-corrected chi connectivity index (χ4v) is 1.35. The largest absolute Gasteiger partial charge is 0.207 e. The highest BCUT2D eigenvalue weighted by atomic mass is 32.2. The summed E-state index contributed by atoms with van der Waals surface area (Å²) in [6.45, 7) is 0. The third-order valence-corrected chi connectivity index (χ3v) is 2.10. The topological polar surface area (TPSA) is 0 Å². The second kappa shape index (κ2) is 4.39. The summed E-state index contributed by atoms with van der Waals surface area (Å²) in [6, 6.07) is 6.78. The maximum absolute atomic E-state index is 12.6. The molecule has 2 heteroatoms. The fourth-order valence-electron chi connectivity index (χ4n) is 0.912. The lowest BCUT2D eigenvalue weighted by Gasteiger charge is -1.97. The van der Waals surface area contributed by atoms with Crippen molar-refractivity contribution in [2.45, 2.75) is 6.42 Å². The van der Waals surface area contributed by atoms with Gasteiger partial charge in [-0.3, -0.25) is 0 Å². The number of benzene rings is 1. The van der Waals surface area contributed by atoms with Gasteiger partial charge in [0.25, 0.3) is 0 Å². The van der Waals surface area contributed by atoms with E-state index in [2.05, 4.69) is 6.26 Å². The van der Waals surface area contributed by atoms with Gasteiger partial charge in [0.15, 0.2) is 0 Å². The summed E-state index contributed by atoms with van der Waals surface area (Å²) in [5, 5.41) is 0. The summed E-state index contributed by atoms with van der Waals surface area (Å²) in [7, 11) is 0. The van der Waals surface area contributed by atoms with Crippen molar-refractivity contribution in [2.24, 2.45) is 0 Å². The van der Waals surface area contributed by atoms with Crippen molar-refractivity contribution in [1.29, 1.82) is 0 Å². The Balaban J connectivity index is 2.56. The molecule has 60 valence electrons.